The third-order valence-corrected chi connectivity index (χ3v) is 5.41. The summed E-state index contributed by atoms with van der Waals surface area (Å²) in [4.78, 5) is 2.43. The highest BCUT2D eigenvalue weighted by Gasteiger charge is 2.30. The number of rotatable bonds is 3. The van der Waals surface area contributed by atoms with Gasteiger partial charge in [0, 0.05) is 12.6 Å². The third kappa shape index (κ3) is 3.41. The number of phenolic OH excluding ortho intramolecular Hbond substituents is 1. The second-order valence-electron chi connectivity index (χ2n) is 7.32. The number of aryl methyl sites for hydroxylation is 1. The smallest absolute Gasteiger partial charge is 0.115 e. The summed E-state index contributed by atoms with van der Waals surface area (Å²) in [7, 11) is 2.22. The van der Waals surface area contributed by atoms with Crippen LogP contribution in [0.1, 0.15) is 49.8 Å². The maximum absolute atomic E-state index is 9.65. The largest absolute Gasteiger partial charge is 0.508 e. The van der Waals surface area contributed by atoms with Gasteiger partial charge in [-0.1, -0.05) is 13.0 Å². The first-order chi connectivity index (χ1) is 10.1. The first-order valence-electron chi connectivity index (χ1n) is 8.29. The molecule has 1 aliphatic heterocycles. The van der Waals surface area contributed by atoms with Crippen LogP contribution in [0.5, 0.6) is 5.75 Å². The van der Waals surface area contributed by atoms with Crippen molar-refractivity contribution in [3.8, 4) is 5.75 Å². The number of nitrogens with zero attached hydrogens (tertiary/aromatic N) is 1. The van der Waals surface area contributed by atoms with Crippen LogP contribution in [0.15, 0.2) is 18.2 Å². The summed E-state index contributed by atoms with van der Waals surface area (Å²) < 4.78 is 0. The van der Waals surface area contributed by atoms with Crippen LogP contribution in [0.3, 0.4) is 0 Å². The highest BCUT2D eigenvalue weighted by Crippen LogP contribution is 2.34. The summed E-state index contributed by atoms with van der Waals surface area (Å²) in [6.07, 6.45) is 6.10. The lowest BCUT2D eigenvalue weighted by atomic mass is 9.79. The van der Waals surface area contributed by atoms with E-state index in [1.165, 1.54) is 49.9 Å². The fourth-order valence-electron chi connectivity index (χ4n) is 3.72. The van der Waals surface area contributed by atoms with Crippen LogP contribution in [-0.2, 0) is 6.42 Å². The van der Waals surface area contributed by atoms with Gasteiger partial charge in [-0.3, -0.25) is 0 Å². The molecule has 21 heavy (non-hydrogen) atoms. The zero-order valence-electron chi connectivity index (χ0n) is 13.4. The number of nitrogens with one attached hydrogen (secondary N) is 1. The Bertz CT molecular complexity index is 492. The fraction of sp³-hybridized carbons (Fsp3) is 0.667. The molecule has 0 aromatic heterocycles. The predicted octanol–water partition coefficient (Wildman–Crippen LogP) is 3.09. The van der Waals surface area contributed by atoms with Gasteiger partial charge in [0.1, 0.15) is 5.75 Å². The van der Waals surface area contributed by atoms with Crippen LogP contribution >= 0.6 is 0 Å². The molecule has 1 heterocycles. The van der Waals surface area contributed by atoms with Crippen molar-refractivity contribution in [1.29, 1.82) is 0 Å². The molecule has 3 heteroatoms. The van der Waals surface area contributed by atoms with Crippen LogP contribution in [0.25, 0.3) is 0 Å². The molecule has 1 saturated heterocycles. The number of benzene rings is 1. The van der Waals surface area contributed by atoms with Crippen LogP contribution < -0.4 is 5.32 Å². The monoisotopic (exact) mass is 288 g/mol. The minimum Gasteiger partial charge on any atom is -0.508 e. The zero-order chi connectivity index (χ0) is 14.9. The summed E-state index contributed by atoms with van der Waals surface area (Å²) in [6, 6.07) is 6.35. The Hall–Kier alpha value is -1.06. The zero-order valence-corrected chi connectivity index (χ0v) is 13.4. The molecule has 3 rings (SSSR count). The minimum absolute atomic E-state index is 0.400. The SMILES string of the molecule is CN1CCC(C)(CNC2CCCc3cc(O)ccc32)CC1. The highest BCUT2D eigenvalue weighted by atomic mass is 16.3. The second-order valence-corrected chi connectivity index (χ2v) is 7.32. The molecule has 1 aromatic rings. The number of phenols is 1. The molecule has 2 aliphatic rings. The topological polar surface area (TPSA) is 35.5 Å². The lowest BCUT2D eigenvalue weighted by Crippen LogP contribution is -2.43. The normalized spacial score (nSPS) is 25.5. The Labute approximate surface area is 128 Å². The summed E-state index contributed by atoms with van der Waals surface area (Å²) in [5.74, 6) is 0.400. The van der Waals surface area contributed by atoms with E-state index in [0.29, 0.717) is 17.2 Å². The molecular weight excluding hydrogens is 260 g/mol. The predicted molar refractivity (Wildman–Crippen MR) is 86.6 cm³/mol. The molecule has 1 atom stereocenters. The molecule has 2 N–H and O–H groups in total. The number of hydrogen-bond acceptors (Lipinski definition) is 3. The number of aromatic hydroxyl groups is 1. The summed E-state index contributed by atoms with van der Waals surface area (Å²) in [5.41, 5.74) is 3.16. The summed E-state index contributed by atoms with van der Waals surface area (Å²) in [6.45, 7) is 5.96. The van der Waals surface area contributed by atoms with Gasteiger partial charge in [-0.2, -0.15) is 0 Å². The van der Waals surface area contributed by atoms with Crippen molar-refractivity contribution in [3.05, 3.63) is 29.3 Å². The van der Waals surface area contributed by atoms with Gasteiger partial charge in [0.05, 0.1) is 0 Å². The third-order valence-electron chi connectivity index (χ3n) is 5.41. The number of piperidine rings is 1. The van der Waals surface area contributed by atoms with E-state index in [1.54, 1.807) is 0 Å². The number of likely N-dealkylation sites (tertiary alicyclic amines) is 1. The number of hydrogen-bond donors (Lipinski definition) is 2. The number of fused-ring (bicyclic) bond motifs is 1. The minimum atomic E-state index is 0.400. The van der Waals surface area contributed by atoms with Crippen molar-refractivity contribution in [2.45, 2.75) is 45.1 Å². The van der Waals surface area contributed by atoms with E-state index < -0.39 is 0 Å². The van der Waals surface area contributed by atoms with Gasteiger partial charge in [-0.05, 0) is 80.9 Å². The maximum atomic E-state index is 9.65. The molecule has 1 fully saturated rings. The van der Waals surface area contributed by atoms with E-state index in [9.17, 15) is 5.11 Å². The fourth-order valence-corrected chi connectivity index (χ4v) is 3.72. The second kappa shape index (κ2) is 5.98. The van der Waals surface area contributed by atoms with Gasteiger partial charge in [0.15, 0.2) is 0 Å². The van der Waals surface area contributed by atoms with Crippen LogP contribution in [0.4, 0.5) is 0 Å². The van der Waals surface area contributed by atoms with Crippen molar-refractivity contribution in [2.75, 3.05) is 26.7 Å². The van der Waals surface area contributed by atoms with E-state index in [2.05, 4.69) is 30.3 Å². The van der Waals surface area contributed by atoms with Gasteiger partial charge >= 0.3 is 0 Å². The average molecular weight is 288 g/mol. The average Bonchev–Trinajstić information content (AvgIpc) is 2.48. The highest BCUT2D eigenvalue weighted by molar-refractivity contribution is 5.38. The summed E-state index contributed by atoms with van der Waals surface area (Å²) >= 11 is 0. The van der Waals surface area contributed by atoms with E-state index >= 15 is 0 Å². The van der Waals surface area contributed by atoms with Gasteiger partial charge in [-0.15, -0.1) is 0 Å². The standard InChI is InChI=1S/C18H28N2O/c1-18(8-10-20(2)11-9-18)13-19-17-5-3-4-14-12-15(21)6-7-16(14)17/h6-7,12,17,19,21H,3-5,8-11,13H2,1-2H3. The lowest BCUT2D eigenvalue weighted by Gasteiger charge is -2.39. The van der Waals surface area contributed by atoms with Crippen LogP contribution in [0, 0.1) is 5.41 Å². The molecule has 116 valence electrons. The molecule has 0 amide bonds. The molecule has 3 nitrogen and oxygen atoms in total. The molecule has 1 unspecified atom stereocenters. The Morgan fingerprint density at radius 1 is 1.33 bits per heavy atom. The van der Waals surface area contributed by atoms with Crippen LogP contribution in [-0.4, -0.2) is 36.7 Å². The molecule has 0 bridgehead atoms. The summed E-state index contributed by atoms with van der Waals surface area (Å²) in [5, 5.41) is 13.5. The van der Waals surface area contributed by atoms with E-state index in [-0.39, 0.29) is 0 Å². The van der Waals surface area contributed by atoms with Gasteiger partial charge in [0.2, 0.25) is 0 Å². The molecule has 1 aliphatic carbocycles. The lowest BCUT2D eigenvalue weighted by molar-refractivity contribution is 0.132. The van der Waals surface area contributed by atoms with Crippen molar-refractivity contribution in [1.82, 2.24) is 10.2 Å². The Balaban J connectivity index is 1.64. The molecule has 0 radical (unpaired) electrons. The van der Waals surface area contributed by atoms with Crippen molar-refractivity contribution < 1.29 is 5.11 Å². The van der Waals surface area contributed by atoms with Crippen molar-refractivity contribution in [3.63, 3.8) is 0 Å². The Morgan fingerprint density at radius 2 is 2.10 bits per heavy atom. The van der Waals surface area contributed by atoms with Crippen molar-refractivity contribution >= 4 is 0 Å². The van der Waals surface area contributed by atoms with Crippen LogP contribution in [0.2, 0.25) is 0 Å². The molecule has 0 saturated carbocycles. The molecule has 1 aromatic carbocycles. The van der Waals surface area contributed by atoms with E-state index in [1.807, 2.05) is 12.1 Å². The Morgan fingerprint density at radius 3 is 2.86 bits per heavy atom. The first-order valence-corrected chi connectivity index (χ1v) is 8.29. The van der Waals surface area contributed by atoms with Gasteiger partial charge in [0.25, 0.3) is 0 Å². The maximum Gasteiger partial charge on any atom is 0.115 e. The molecular formula is C18H28N2O. The van der Waals surface area contributed by atoms with Gasteiger partial charge in [-0.25, -0.2) is 0 Å². The Kier molecular flexibility index (Phi) is 4.23. The van der Waals surface area contributed by atoms with Gasteiger partial charge < -0.3 is 15.3 Å². The first kappa shape index (κ1) is 14.9. The molecule has 0 spiro atoms. The van der Waals surface area contributed by atoms with E-state index in [0.717, 1.165) is 13.0 Å². The quantitative estimate of drug-likeness (QED) is 0.897. The van der Waals surface area contributed by atoms with Crippen molar-refractivity contribution in [2.24, 2.45) is 5.41 Å². The van der Waals surface area contributed by atoms with E-state index in [4.69, 9.17) is 0 Å².